The molecule has 0 aliphatic rings. The number of hydrogen-bond acceptors (Lipinski definition) is 4. The van der Waals surface area contributed by atoms with Crippen LogP contribution >= 0.6 is 0 Å². The van der Waals surface area contributed by atoms with Crippen LogP contribution in [0.3, 0.4) is 0 Å². The normalized spacial score (nSPS) is 10.2. The van der Waals surface area contributed by atoms with Crippen molar-refractivity contribution < 1.29 is 13.2 Å². The van der Waals surface area contributed by atoms with Gasteiger partial charge in [0.1, 0.15) is 0 Å². The van der Waals surface area contributed by atoms with Gasteiger partial charge in [0.15, 0.2) is 0 Å². The Morgan fingerprint density at radius 2 is 2.00 bits per heavy atom. The highest BCUT2D eigenvalue weighted by Crippen LogP contribution is 2.20. The molecule has 0 fully saturated rings. The fourth-order valence-corrected chi connectivity index (χ4v) is 1.56. The molecule has 0 saturated carbocycles. The predicted molar refractivity (Wildman–Crippen MR) is 62.8 cm³/mol. The minimum Gasteiger partial charge on any atom is -0.399 e. The van der Waals surface area contributed by atoms with Gasteiger partial charge in [-0.05, 0) is 18.2 Å². The maximum atomic E-state index is 11.7. The highest BCUT2D eigenvalue weighted by molar-refractivity contribution is 7.73. The molecule has 7 heteroatoms. The first-order valence-corrected chi connectivity index (χ1v) is 5.62. The quantitative estimate of drug-likeness (QED) is 0.511. The number of nitrogen functional groups attached to an aromatic ring is 1. The standard InChI is InChI=1S/C9H13N3O3S/c1-12(2)9(13)7-4-3-6(10)5-8(7)11-16(14)15/h3-5,16H,10H2,1-2H3,(H,11,14,15). The van der Waals surface area contributed by atoms with E-state index in [1.807, 2.05) is 0 Å². The summed E-state index contributed by atoms with van der Waals surface area (Å²) in [6.07, 6.45) is 0. The van der Waals surface area contributed by atoms with E-state index >= 15 is 0 Å². The molecule has 1 aromatic rings. The molecule has 3 N–H and O–H groups in total. The van der Waals surface area contributed by atoms with E-state index in [0.29, 0.717) is 5.69 Å². The van der Waals surface area contributed by atoms with Crippen molar-refractivity contribution in [2.75, 3.05) is 24.6 Å². The number of rotatable bonds is 3. The summed E-state index contributed by atoms with van der Waals surface area (Å²) in [6.45, 7) is 0. The lowest BCUT2D eigenvalue weighted by atomic mass is 10.1. The smallest absolute Gasteiger partial charge is 0.255 e. The van der Waals surface area contributed by atoms with Gasteiger partial charge in [-0.3, -0.25) is 9.52 Å². The SMILES string of the molecule is CN(C)C(=O)c1ccc(N)cc1N[SH](=O)=O. The van der Waals surface area contributed by atoms with Gasteiger partial charge in [0.05, 0.1) is 11.3 Å². The minimum absolute atomic E-state index is 0.190. The van der Waals surface area contributed by atoms with Crippen molar-refractivity contribution in [3.63, 3.8) is 0 Å². The Morgan fingerprint density at radius 1 is 1.38 bits per heavy atom. The van der Waals surface area contributed by atoms with E-state index in [1.165, 1.54) is 17.0 Å². The largest absolute Gasteiger partial charge is 0.399 e. The van der Waals surface area contributed by atoms with Crippen LogP contribution in [0, 0.1) is 0 Å². The first-order chi connectivity index (χ1) is 7.41. The molecule has 0 spiro atoms. The summed E-state index contributed by atoms with van der Waals surface area (Å²) >= 11 is 0. The second-order valence-electron chi connectivity index (χ2n) is 3.37. The van der Waals surface area contributed by atoms with Gasteiger partial charge in [0, 0.05) is 19.8 Å². The zero-order valence-electron chi connectivity index (χ0n) is 8.93. The number of amides is 1. The Hall–Kier alpha value is -1.76. The maximum Gasteiger partial charge on any atom is 0.255 e. The number of carbonyl (C=O) groups is 1. The van der Waals surface area contributed by atoms with E-state index in [1.54, 1.807) is 20.2 Å². The van der Waals surface area contributed by atoms with Crippen molar-refractivity contribution >= 4 is 28.2 Å². The Balaban J connectivity index is 3.22. The van der Waals surface area contributed by atoms with E-state index in [9.17, 15) is 13.2 Å². The molecule has 0 aromatic heterocycles. The molecular weight excluding hydrogens is 230 g/mol. The summed E-state index contributed by atoms with van der Waals surface area (Å²) in [5.41, 5.74) is 6.35. The van der Waals surface area contributed by atoms with Crippen LogP contribution in [-0.2, 0) is 10.9 Å². The van der Waals surface area contributed by atoms with E-state index in [0.717, 1.165) is 0 Å². The third-order valence-corrected chi connectivity index (χ3v) is 2.32. The first kappa shape index (κ1) is 12.3. The predicted octanol–water partition coefficient (Wildman–Crippen LogP) is -0.0911. The number of anilines is 2. The number of nitrogens with zero attached hydrogens (tertiary/aromatic N) is 1. The number of thiol groups is 1. The average molecular weight is 243 g/mol. The van der Waals surface area contributed by atoms with Crippen LogP contribution in [-0.4, -0.2) is 33.3 Å². The molecule has 0 atom stereocenters. The van der Waals surface area contributed by atoms with Crippen LogP contribution in [0.2, 0.25) is 0 Å². The van der Waals surface area contributed by atoms with Gasteiger partial charge in [-0.1, -0.05) is 0 Å². The molecule has 0 aliphatic carbocycles. The van der Waals surface area contributed by atoms with Crippen LogP contribution in [0.4, 0.5) is 11.4 Å². The minimum atomic E-state index is -2.83. The van der Waals surface area contributed by atoms with E-state index < -0.39 is 10.9 Å². The zero-order valence-corrected chi connectivity index (χ0v) is 9.82. The van der Waals surface area contributed by atoms with Crippen LogP contribution in [0.25, 0.3) is 0 Å². The van der Waals surface area contributed by atoms with Gasteiger partial charge in [-0.2, -0.15) is 0 Å². The van der Waals surface area contributed by atoms with E-state index in [2.05, 4.69) is 4.72 Å². The summed E-state index contributed by atoms with van der Waals surface area (Å²) in [4.78, 5) is 13.1. The van der Waals surface area contributed by atoms with Gasteiger partial charge in [-0.25, -0.2) is 8.42 Å². The summed E-state index contributed by atoms with van der Waals surface area (Å²) in [6, 6.07) is 4.43. The zero-order chi connectivity index (χ0) is 12.3. The van der Waals surface area contributed by atoms with Crippen molar-refractivity contribution in [1.29, 1.82) is 0 Å². The lowest BCUT2D eigenvalue weighted by Gasteiger charge is -2.13. The molecule has 1 rings (SSSR count). The third kappa shape index (κ3) is 2.86. The number of nitrogens with two attached hydrogens (primary N) is 1. The van der Waals surface area contributed by atoms with Crippen molar-refractivity contribution in [3.05, 3.63) is 23.8 Å². The number of carbonyl (C=O) groups excluding carboxylic acids is 1. The molecule has 16 heavy (non-hydrogen) atoms. The monoisotopic (exact) mass is 243 g/mol. The van der Waals surface area contributed by atoms with Crippen molar-refractivity contribution in [1.82, 2.24) is 4.90 Å². The van der Waals surface area contributed by atoms with Gasteiger partial charge in [0.2, 0.25) is 10.9 Å². The summed E-state index contributed by atoms with van der Waals surface area (Å²) in [5.74, 6) is -0.292. The molecule has 0 unspecified atom stereocenters. The Morgan fingerprint density at radius 3 is 2.50 bits per heavy atom. The molecular formula is C9H13N3O3S. The van der Waals surface area contributed by atoms with Gasteiger partial charge < -0.3 is 10.6 Å². The maximum absolute atomic E-state index is 11.7. The van der Waals surface area contributed by atoms with Crippen LogP contribution < -0.4 is 10.5 Å². The van der Waals surface area contributed by atoms with Crippen molar-refractivity contribution in [3.8, 4) is 0 Å². The first-order valence-electron chi connectivity index (χ1n) is 4.44. The van der Waals surface area contributed by atoms with E-state index in [-0.39, 0.29) is 17.2 Å². The van der Waals surface area contributed by atoms with Gasteiger partial charge in [0.25, 0.3) is 5.91 Å². The summed E-state index contributed by atoms with van der Waals surface area (Å²) in [5, 5.41) is 0. The Labute approximate surface area is 95.1 Å². The van der Waals surface area contributed by atoms with Crippen molar-refractivity contribution in [2.45, 2.75) is 0 Å². The molecule has 0 saturated heterocycles. The highest BCUT2D eigenvalue weighted by Gasteiger charge is 2.13. The molecule has 6 nitrogen and oxygen atoms in total. The average Bonchev–Trinajstić information content (AvgIpc) is 2.15. The van der Waals surface area contributed by atoms with Crippen LogP contribution in [0.1, 0.15) is 10.4 Å². The molecule has 1 amide bonds. The van der Waals surface area contributed by atoms with Crippen LogP contribution in [0.15, 0.2) is 18.2 Å². The van der Waals surface area contributed by atoms with Gasteiger partial charge in [-0.15, -0.1) is 0 Å². The second kappa shape index (κ2) is 4.84. The number of benzene rings is 1. The molecule has 0 bridgehead atoms. The van der Waals surface area contributed by atoms with Crippen molar-refractivity contribution in [2.24, 2.45) is 0 Å². The number of nitrogens with one attached hydrogen (secondary N) is 1. The topological polar surface area (TPSA) is 92.5 Å². The summed E-state index contributed by atoms with van der Waals surface area (Å²) < 4.78 is 23.3. The molecule has 88 valence electrons. The van der Waals surface area contributed by atoms with Crippen LogP contribution in [0.5, 0.6) is 0 Å². The summed E-state index contributed by atoms with van der Waals surface area (Å²) in [7, 11) is 0.340. The highest BCUT2D eigenvalue weighted by atomic mass is 32.2. The lowest BCUT2D eigenvalue weighted by Crippen LogP contribution is -2.22. The molecule has 0 aliphatic heterocycles. The fourth-order valence-electron chi connectivity index (χ4n) is 1.18. The Kier molecular flexibility index (Phi) is 3.73. The molecule has 0 radical (unpaired) electrons. The fraction of sp³-hybridized carbons (Fsp3) is 0.222. The Bertz CT molecular complexity index is 475. The van der Waals surface area contributed by atoms with Gasteiger partial charge >= 0.3 is 0 Å². The molecule has 0 heterocycles. The number of hydrogen-bond donors (Lipinski definition) is 3. The van der Waals surface area contributed by atoms with E-state index in [4.69, 9.17) is 5.73 Å². The third-order valence-electron chi connectivity index (χ3n) is 1.89. The lowest BCUT2D eigenvalue weighted by molar-refractivity contribution is 0.0828. The molecule has 1 aromatic carbocycles. The second-order valence-corrected chi connectivity index (χ2v) is 4.11.